The first-order valence-corrected chi connectivity index (χ1v) is 11.4. The number of para-hydroxylation sites is 1. The Morgan fingerprint density at radius 1 is 1.00 bits per heavy atom. The summed E-state index contributed by atoms with van der Waals surface area (Å²) in [7, 11) is 0. The Bertz CT molecular complexity index is 1360. The van der Waals surface area contributed by atoms with Gasteiger partial charge in [-0.15, -0.1) is 10.2 Å². The maximum atomic E-state index is 10.2. The first-order chi connectivity index (χ1) is 17.2. The smallest absolute Gasteiger partial charge is 0.169 e. The second kappa shape index (κ2) is 10.1. The molecule has 3 aromatic heterocycles. The van der Waals surface area contributed by atoms with E-state index in [0.717, 1.165) is 49.7 Å². The lowest BCUT2D eigenvalue weighted by molar-refractivity contribution is 0.477. The van der Waals surface area contributed by atoms with E-state index < -0.39 is 0 Å². The number of hydrogen-bond donors (Lipinski definition) is 2. The van der Waals surface area contributed by atoms with Crippen molar-refractivity contribution in [3.63, 3.8) is 0 Å². The van der Waals surface area contributed by atoms with Crippen LogP contribution in [0.1, 0.15) is 12.1 Å². The highest BCUT2D eigenvalue weighted by Crippen LogP contribution is 2.32. The van der Waals surface area contributed by atoms with Gasteiger partial charge < -0.3 is 20.6 Å². The Labute approximate surface area is 203 Å². The number of phenolic OH excluding ortho intramolecular Hbond substituents is 1. The van der Waals surface area contributed by atoms with Gasteiger partial charge in [-0.25, -0.2) is 14.6 Å². The van der Waals surface area contributed by atoms with Crippen molar-refractivity contribution < 1.29 is 5.11 Å². The molecular weight excluding hydrogens is 442 g/mol. The van der Waals surface area contributed by atoms with Crippen LogP contribution >= 0.6 is 0 Å². The predicted molar refractivity (Wildman–Crippen MR) is 134 cm³/mol. The molecule has 10 nitrogen and oxygen atoms in total. The van der Waals surface area contributed by atoms with Crippen LogP contribution in [-0.4, -0.2) is 61.2 Å². The summed E-state index contributed by atoms with van der Waals surface area (Å²) in [5.74, 6) is 6.73. The molecule has 1 fully saturated rings. The molecule has 4 aromatic rings. The van der Waals surface area contributed by atoms with Crippen LogP contribution in [0.2, 0.25) is 0 Å². The van der Waals surface area contributed by atoms with Crippen LogP contribution in [0.5, 0.6) is 5.75 Å². The molecule has 0 unspecified atom stereocenters. The number of nitrogen functional groups attached to an aromatic ring is 1. The molecule has 0 aliphatic carbocycles. The summed E-state index contributed by atoms with van der Waals surface area (Å²) >= 11 is 0. The van der Waals surface area contributed by atoms with Crippen molar-refractivity contribution >= 4 is 17.2 Å². The molecule has 176 valence electrons. The van der Waals surface area contributed by atoms with E-state index in [2.05, 4.69) is 46.9 Å². The molecule has 3 N–H and O–H groups in total. The van der Waals surface area contributed by atoms with Gasteiger partial charge in [0.05, 0.1) is 11.4 Å². The zero-order chi connectivity index (χ0) is 24.0. The van der Waals surface area contributed by atoms with Crippen LogP contribution in [-0.2, 0) is 6.54 Å². The Balaban J connectivity index is 1.30. The minimum atomic E-state index is 0.164. The molecule has 0 spiro atoms. The molecule has 4 heterocycles. The third-order valence-corrected chi connectivity index (χ3v) is 5.85. The highest BCUT2D eigenvalue weighted by atomic mass is 16.3. The monoisotopic (exact) mass is 467 g/mol. The second-order valence-electron chi connectivity index (χ2n) is 8.14. The molecular formula is C25H25N9O. The van der Waals surface area contributed by atoms with E-state index in [-0.39, 0.29) is 5.75 Å². The number of aromatic hydroxyl groups is 1. The number of pyridine rings is 1. The summed E-state index contributed by atoms with van der Waals surface area (Å²) in [6, 6.07) is 13.0. The lowest BCUT2D eigenvalue weighted by atomic mass is 10.1. The van der Waals surface area contributed by atoms with Crippen LogP contribution in [0.4, 0.5) is 17.2 Å². The van der Waals surface area contributed by atoms with Crippen molar-refractivity contribution in [2.24, 2.45) is 0 Å². The predicted octanol–water partition coefficient (Wildman–Crippen LogP) is 2.19. The van der Waals surface area contributed by atoms with Gasteiger partial charge in [-0.1, -0.05) is 18.1 Å². The van der Waals surface area contributed by atoms with Gasteiger partial charge in [0.15, 0.2) is 5.82 Å². The molecule has 0 saturated carbocycles. The molecule has 35 heavy (non-hydrogen) atoms. The van der Waals surface area contributed by atoms with E-state index in [1.54, 1.807) is 29.3 Å². The maximum absolute atomic E-state index is 10.2. The topological polar surface area (TPSA) is 122 Å². The Kier molecular flexibility index (Phi) is 6.39. The van der Waals surface area contributed by atoms with Gasteiger partial charge in [-0.3, -0.25) is 0 Å². The number of aromatic nitrogens is 6. The van der Waals surface area contributed by atoms with Crippen molar-refractivity contribution in [1.82, 2.24) is 29.9 Å². The van der Waals surface area contributed by atoms with Gasteiger partial charge in [-0.05, 0) is 42.7 Å². The Hall–Kier alpha value is -4.65. The summed E-state index contributed by atoms with van der Waals surface area (Å²) in [4.78, 5) is 12.9. The average Bonchev–Trinajstić information content (AvgIpc) is 3.27. The molecule has 1 aliphatic rings. The third-order valence-electron chi connectivity index (χ3n) is 5.85. The van der Waals surface area contributed by atoms with E-state index >= 15 is 0 Å². The molecule has 5 rings (SSSR count). The fourth-order valence-electron chi connectivity index (χ4n) is 4.09. The van der Waals surface area contributed by atoms with Gasteiger partial charge in [-0.2, -0.15) is 5.10 Å². The minimum Gasteiger partial charge on any atom is -0.507 e. The highest BCUT2D eigenvalue weighted by molar-refractivity contribution is 5.74. The summed E-state index contributed by atoms with van der Waals surface area (Å²) in [5.41, 5.74) is 10.1. The average molecular weight is 468 g/mol. The van der Waals surface area contributed by atoms with E-state index in [9.17, 15) is 5.11 Å². The van der Waals surface area contributed by atoms with E-state index in [1.165, 1.54) is 6.33 Å². The largest absolute Gasteiger partial charge is 0.507 e. The summed E-state index contributed by atoms with van der Waals surface area (Å²) in [5, 5.41) is 22.6. The summed E-state index contributed by atoms with van der Waals surface area (Å²) in [6.45, 7) is 3.78. The van der Waals surface area contributed by atoms with Gasteiger partial charge in [0.2, 0.25) is 0 Å². The molecule has 0 amide bonds. The lowest BCUT2D eigenvalue weighted by Crippen LogP contribution is -2.31. The molecule has 0 atom stereocenters. The van der Waals surface area contributed by atoms with Crippen molar-refractivity contribution in [2.45, 2.75) is 13.0 Å². The van der Waals surface area contributed by atoms with Crippen molar-refractivity contribution in [3.05, 3.63) is 67.0 Å². The summed E-state index contributed by atoms with van der Waals surface area (Å²) < 4.78 is 1.67. The van der Waals surface area contributed by atoms with E-state index in [1.807, 2.05) is 30.3 Å². The normalized spacial score (nSPS) is 13.7. The second-order valence-corrected chi connectivity index (χ2v) is 8.14. The fourth-order valence-corrected chi connectivity index (χ4v) is 4.09. The van der Waals surface area contributed by atoms with Gasteiger partial charge in [0, 0.05) is 43.6 Å². The molecule has 0 bridgehead atoms. The molecule has 10 heteroatoms. The molecule has 1 aromatic carbocycles. The van der Waals surface area contributed by atoms with Crippen LogP contribution < -0.4 is 15.5 Å². The standard InChI is InChI=1S/C25H25N9O/c26-25-23(16-22(30-31-25)21-6-1-2-7-24(21)35)33-11-4-10-32(13-14-33)20-8-9-28-19(15-20)5-3-12-34-18-27-17-29-34/h1-2,6-9,15-18,35H,4,10-14H2,(H2,26,31). The number of phenols is 1. The van der Waals surface area contributed by atoms with Crippen molar-refractivity contribution in [3.8, 4) is 28.8 Å². The first kappa shape index (κ1) is 22.2. The fraction of sp³-hybridized carbons (Fsp3) is 0.240. The maximum Gasteiger partial charge on any atom is 0.169 e. The van der Waals surface area contributed by atoms with Crippen LogP contribution in [0, 0.1) is 11.8 Å². The lowest BCUT2D eigenvalue weighted by Gasteiger charge is -2.25. The van der Waals surface area contributed by atoms with Crippen molar-refractivity contribution in [1.29, 1.82) is 0 Å². The van der Waals surface area contributed by atoms with E-state index in [0.29, 0.717) is 23.6 Å². The zero-order valence-corrected chi connectivity index (χ0v) is 19.1. The molecule has 0 radical (unpaired) electrons. The third kappa shape index (κ3) is 5.14. The first-order valence-electron chi connectivity index (χ1n) is 11.4. The summed E-state index contributed by atoms with van der Waals surface area (Å²) in [6.07, 6.45) is 5.87. The van der Waals surface area contributed by atoms with Crippen LogP contribution in [0.3, 0.4) is 0 Å². The quantitative estimate of drug-likeness (QED) is 0.435. The number of rotatable bonds is 4. The number of hydrogen-bond acceptors (Lipinski definition) is 9. The Morgan fingerprint density at radius 3 is 2.71 bits per heavy atom. The Morgan fingerprint density at radius 2 is 1.86 bits per heavy atom. The van der Waals surface area contributed by atoms with Crippen molar-refractivity contribution in [2.75, 3.05) is 41.7 Å². The highest BCUT2D eigenvalue weighted by Gasteiger charge is 2.20. The SMILES string of the molecule is Nc1nnc(-c2ccccc2O)cc1N1CCCN(c2ccnc(C#CCn3cncn3)c2)CC1. The van der Waals surface area contributed by atoms with Crippen LogP contribution in [0.25, 0.3) is 11.3 Å². The number of benzene rings is 1. The van der Waals surface area contributed by atoms with Gasteiger partial charge in [0.25, 0.3) is 0 Å². The number of nitrogens with two attached hydrogens (primary N) is 1. The molecule has 1 aliphatic heterocycles. The van der Waals surface area contributed by atoms with E-state index in [4.69, 9.17) is 5.73 Å². The van der Waals surface area contributed by atoms with Gasteiger partial charge in [0.1, 0.15) is 30.6 Å². The molecule has 1 saturated heterocycles. The van der Waals surface area contributed by atoms with Crippen LogP contribution in [0.15, 0.2) is 61.3 Å². The van der Waals surface area contributed by atoms with Gasteiger partial charge >= 0.3 is 0 Å². The number of nitrogens with zero attached hydrogens (tertiary/aromatic N) is 8. The number of anilines is 3. The zero-order valence-electron chi connectivity index (χ0n) is 19.1. The minimum absolute atomic E-state index is 0.164.